The molecule has 1 fully saturated rings. The molecule has 21 heavy (non-hydrogen) atoms. The topological polar surface area (TPSA) is 76.7 Å². The second-order valence-corrected chi connectivity index (χ2v) is 6.40. The normalized spacial score (nSPS) is 18.1. The molecule has 1 aliphatic rings. The fourth-order valence-corrected chi connectivity index (χ4v) is 3.48. The van der Waals surface area contributed by atoms with Gasteiger partial charge in [0.25, 0.3) is 0 Å². The summed E-state index contributed by atoms with van der Waals surface area (Å²) in [4.78, 5) is 0.0948. The first-order valence-electron chi connectivity index (χ1n) is 6.52. The van der Waals surface area contributed by atoms with E-state index in [9.17, 15) is 8.42 Å². The van der Waals surface area contributed by atoms with Crippen LogP contribution in [0.4, 0.5) is 0 Å². The molecule has 1 heterocycles. The van der Waals surface area contributed by atoms with Crippen molar-refractivity contribution in [2.75, 3.05) is 27.3 Å². The Balaban J connectivity index is 0.00000220. The first kappa shape index (κ1) is 18.0. The lowest BCUT2D eigenvalue weighted by atomic mass is 10.2. The Bertz CT molecular complexity index is 559. The first-order chi connectivity index (χ1) is 9.56. The first-order valence-corrected chi connectivity index (χ1v) is 8.00. The van der Waals surface area contributed by atoms with Gasteiger partial charge < -0.3 is 14.8 Å². The van der Waals surface area contributed by atoms with E-state index in [0.29, 0.717) is 18.0 Å². The summed E-state index contributed by atoms with van der Waals surface area (Å²) in [7, 11) is -0.680. The number of nitrogens with one attached hydrogen (secondary N) is 2. The van der Waals surface area contributed by atoms with Gasteiger partial charge in [-0.15, -0.1) is 12.4 Å². The Morgan fingerprint density at radius 2 is 2.10 bits per heavy atom. The van der Waals surface area contributed by atoms with Crippen LogP contribution in [0.15, 0.2) is 23.1 Å². The highest BCUT2D eigenvalue weighted by molar-refractivity contribution is 7.89. The third-order valence-corrected chi connectivity index (χ3v) is 4.79. The van der Waals surface area contributed by atoms with Crippen molar-refractivity contribution < 1.29 is 17.9 Å². The van der Waals surface area contributed by atoms with E-state index in [4.69, 9.17) is 9.47 Å². The minimum atomic E-state index is -3.62. The minimum Gasteiger partial charge on any atom is -0.497 e. The summed E-state index contributed by atoms with van der Waals surface area (Å²) < 4.78 is 37.5. The van der Waals surface area contributed by atoms with Crippen molar-refractivity contribution in [1.29, 1.82) is 0 Å². The SMILES string of the molecule is COc1ccc(OC)c(S(=O)(=O)NCC2CCCN2)c1.Cl. The van der Waals surface area contributed by atoms with Gasteiger partial charge in [-0.25, -0.2) is 13.1 Å². The average molecular weight is 337 g/mol. The number of methoxy groups -OCH3 is 2. The van der Waals surface area contributed by atoms with E-state index in [0.717, 1.165) is 19.4 Å². The van der Waals surface area contributed by atoms with Crippen molar-refractivity contribution in [3.05, 3.63) is 18.2 Å². The maximum Gasteiger partial charge on any atom is 0.244 e. The average Bonchev–Trinajstić information content (AvgIpc) is 2.98. The second kappa shape index (κ2) is 7.84. The molecule has 1 aliphatic heterocycles. The van der Waals surface area contributed by atoms with E-state index in [1.807, 2.05) is 0 Å². The van der Waals surface area contributed by atoms with Crippen LogP contribution in [0, 0.1) is 0 Å². The molecule has 0 amide bonds. The van der Waals surface area contributed by atoms with Crippen LogP contribution in [-0.2, 0) is 10.0 Å². The Kier molecular flexibility index (Phi) is 6.73. The maximum atomic E-state index is 12.4. The largest absolute Gasteiger partial charge is 0.497 e. The molecule has 1 aromatic carbocycles. The Morgan fingerprint density at radius 1 is 1.33 bits per heavy atom. The van der Waals surface area contributed by atoms with Gasteiger partial charge in [-0.05, 0) is 31.5 Å². The summed E-state index contributed by atoms with van der Waals surface area (Å²) in [5, 5.41) is 3.25. The van der Waals surface area contributed by atoms with Gasteiger partial charge in [-0.2, -0.15) is 0 Å². The minimum absolute atomic E-state index is 0. The molecule has 8 heteroatoms. The van der Waals surface area contributed by atoms with E-state index in [2.05, 4.69) is 10.0 Å². The third kappa shape index (κ3) is 4.47. The van der Waals surface area contributed by atoms with Gasteiger partial charge in [0.15, 0.2) is 0 Å². The number of rotatable bonds is 6. The van der Waals surface area contributed by atoms with Crippen LogP contribution < -0.4 is 19.5 Å². The van der Waals surface area contributed by atoms with Crippen LogP contribution in [0.25, 0.3) is 0 Å². The van der Waals surface area contributed by atoms with Gasteiger partial charge in [-0.1, -0.05) is 0 Å². The maximum absolute atomic E-state index is 12.4. The molecule has 0 bridgehead atoms. The molecule has 120 valence electrons. The summed E-state index contributed by atoms with van der Waals surface area (Å²) in [5.41, 5.74) is 0. The Hall–Kier alpha value is -1.02. The van der Waals surface area contributed by atoms with Gasteiger partial charge in [0, 0.05) is 18.7 Å². The zero-order valence-electron chi connectivity index (χ0n) is 12.1. The highest BCUT2D eigenvalue weighted by Gasteiger charge is 2.23. The number of sulfonamides is 1. The Morgan fingerprint density at radius 3 is 2.67 bits per heavy atom. The standard InChI is InChI=1S/C13H20N2O4S.ClH/c1-18-11-5-6-12(19-2)13(8-11)20(16,17)15-9-10-4-3-7-14-10;/h5-6,8,10,14-15H,3-4,7,9H2,1-2H3;1H. The van der Waals surface area contributed by atoms with Crippen molar-refractivity contribution in [3.8, 4) is 11.5 Å². The summed E-state index contributed by atoms with van der Waals surface area (Å²) in [6, 6.07) is 4.90. The lowest BCUT2D eigenvalue weighted by Crippen LogP contribution is -2.37. The van der Waals surface area contributed by atoms with E-state index in [-0.39, 0.29) is 23.3 Å². The molecule has 0 aromatic heterocycles. The van der Waals surface area contributed by atoms with Gasteiger partial charge in [0.2, 0.25) is 10.0 Å². The van der Waals surface area contributed by atoms with Crippen LogP contribution in [0.3, 0.4) is 0 Å². The quantitative estimate of drug-likeness (QED) is 0.815. The lowest BCUT2D eigenvalue weighted by molar-refractivity contribution is 0.391. The molecule has 0 aliphatic carbocycles. The van der Waals surface area contributed by atoms with Crippen molar-refractivity contribution in [1.82, 2.24) is 10.0 Å². The third-order valence-electron chi connectivity index (χ3n) is 3.34. The van der Waals surface area contributed by atoms with E-state index in [1.54, 1.807) is 12.1 Å². The van der Waals surface area contributed by atoms with E-state index >= 15 is 0 Å². The molecule has 1 atom stereocenters. The van der Waals surface area contributed by atoms with Crippen LogP contribution in [0.5, 0.6) is 11.5 Å². The molecule has 2 N–H and O–H groups in total. The highest BCUT2D eigenvalue weighted by atomic mass is 35.5. The lowest BCUT2D eigenvalue weighted by Gasteiger charge is -2.14. The van der Waals surface area contributed by atoms with E-state index in [1.165, 1.54) is 20.3 Å². The van der Waals surface area contributed by atoms with Gasteiger partial charge in [0.05, 0.1) is 14.2 Å². The molecular weight excluding hydrogens is 316 g/mol. The van der Waals surface area contributed by atoms with Crippen LogP contribution in [0.1, 0.15) is 12.8 Å². The molecule has 1 saturated heterocycles. The summed E-state index contributed by atoms with van der Waals surface area (Å²) in [6.45, 7) is 1.32. The zero-order chi connectivity index (χ0) is 14.6. The Labute approximate surface area is 131 Å². The van der Waals surface area contributed by atoms with Crippen molar-refractivity contribution in [3.63, 3.8) is 0 Å². The predicted octanol–water partition coefficient (Wildman–Crippen LogP) is 1.16. The summed E-state index contributed by atoms with van der Waals surface area (Å²) in [6.07, 6.45) is 2.06. The van der Waals surface area contributed by atoms with Gasteiger partial charge in [0.1, 0.15) is 16.4 Å². The molecular formula is C13H21ClN2O4S. The van der Waals surface area contributed by atoms with Crippen LogP contribution in [-0.4, -0.2) is 41.8 Å². The van der Waals surface area contributed by atoms with E-state index < -0.39 is 10.0 Å². The smallest absolute Gasteiger partial charge is 0.244 e. The fourth-order valence-electron chi connectivity index (χ4n) is 2.21. The number of halogens is 1. The summed E-state index contributed by atoms with van der Waals surface area (Å²) >= 11 is 0. The number of hydrogen-bond donors (Lipinski definition) is 2. The molecule has 0 radical (unpaired) electrons. The summed E-state index contributed by atoms with van der Waals surface area (Å²) in [5.74, 6) is 0.780. The van der Waals surface area contributed by atoms with Crippen molar-refractivity contribution in [2.24, 2.45) is 0 Å². The monoisotopic (exact) mass is 336 g/mol. The molecule has 1 aromatic rings. The van der Waals surface area contributed by atoms with Crippen molar-refractivity contribution >= 4 is 22.4 Å². The molecule has 6 nitrogen and oxygen atoms in total. The zero-order valence-corrected chi connectivity index (χ0v) is 13.7. The predicted molar refractivity (Wildman–Crippen MR) is 83.0 cm³/mol. The molecule has 0 saturated carbocycles. The number of benzene rings is 1. The second-order valence-electron chi connectivity index (χ2n) is 4.66. The van der Waals surface area contributed by atoms with Gasteiger partial charge in [-0.3, -0.25) is 0 Å². The van der Waals surface area contributed by atoms with Crippen molar-refractivity contribution in [2.45, 2.75) is 23.8 Å². The van der Waals surface area contributed by atoms with Gasteiger partial charge >= 0.3 is 0 Å². The fraction of sp³-hybridized carbons (Fsp3) is 0.538. The van der Waals surface area contributed by atoms with Crippen LogP contribution >= 0.6 is 12.4 Å². The van der Waals surface area contributed by atoms with Crippen LogP contribution in [0.2, 0.25) is 0 Å². The highest BCUT2D eigenvalue weighted by Crippen LogP contribution is 2.28. The number of ether oxygens (including phenoxy) is 2. The molecule has 1 unspecified atom stereocenters. The molecule has 2 rings (SSSR count). The number of hydrogen-bond acceptors (Lipinski definition) is 5. The molecule has 0 spiro atoms.